The highest BCUT2D eigenvalue weighted by Gasteiger charge is 2.53. The fourth-order valence-corrected chi connectivity index (χ4v) is 32.4. The van der Waals surface area contributed by atoms with Crippen molar-refractivity contribution in [3.63, 3.8) is 0 Å². The van der Waals surface area contributed by atoms with Crippen molar-refractivity contribution in [3.8, 4) is 0 Å². The van der Waals surface area contributed by atoms with Crippen LogP contribution < -0.4 is 92.0 Å². The lowest BCUT2D eigenvalue weighted by Crippen LogP contribution is -2.63. The molecule has 0 spiro atoms. The molecule has 0 aromatic carbocycles. The Balaban J connectivity index is 1.09. The number of rotatable bonds is 47. The predicted molar refractivity (Wildman–Crippen MR) is 640 cm³/mol. The summed E-state index contributed by atoms with van der Waals surface area (Å²) in [4.78, 5) is 80.0. The molecule has 1 atom stereocenters. The van der Waals surface area contributed by atoms with Crippen molar-refractivity contribution >= 4 is 53.5 Å². The summed E-state index contributed by atoms with van der Waals surface area (Å²) in [5.41, 5.74) is -2.49. The average Bonchev–Trinajstić information content (AvgIpc) is 0.742. The van der Waals surface area contributed by atoms with Gasteiger partial charge in [-0.1, -0.05) is 86.5 Å². The summed E-state index contributed by atoms with van der Waals surface area (Å²) in [7, 11) is 0. The molecule has 12 heterocycles. The zero-order valence-corrected chi connectivity index (χ0v) is 105. The van der Waals surface area contributed by atoms with Crippen LogP contribution in [-0.2, 0) is 0 Å². The van der Waals surface area contributed by atoms with Crippen LogP contribution >= 0.6 is 0 Å². The van der Waals surface area contributed by atoms with Gasteiger partial charge in [-0.25, -0.2) is 0 Å². The molecule has 3 aromatic rings. The Morgan fingerprint density at radius 2 is 0.280 bits per heavy atom. The molecule has 9 saturated heterocycles. The normalized spacial score (nSPS) is 25.0. The molecule has 9 fully saturated rings. The SMILES string of the molecule is CCCCN(c1nc(N(CCCC)C2CC(C)(C)NC(C)(C)C2)nc(N(CCCCC(CCCN(c2nc(N(CCCC)C3CC(C)(C)NC(C)(C)C3)nc(N(CCCC)C3CC(C)(C)NC(C)(C)C3)n2)C2CC(C)(C)NC(C)(C)C2)CN(c2nc(N(CCCC)C3CC(C)(C)NC(C)(C)C3)nc(N(CCCC)C3CC(C)(C)NC(C)(C)C3)n2)C2CC(C)(C)NC(C)(C)C2)C2CC(C)(C)NC(C)(C)C2)n1)C1CC(C)(C)NC(C)(C)C1. The minimum Gasteiger partial charge on any atom is -0.338 e. The number of nitrogens with one attached hydrogen (secondary N) is 9. The quantitative estimate of drug-likeness (QED) is 0.0238. The summed E-state index contributed by atoms with van der Waals surface area (Å²) in [5.74, 6) is 7.75. The van der Waals surface area contributed by atoms with Gasteiger partial charge in [0.1, 0.15) is 0 Å². The predicted octanol–water partition coefficient (Wildman–Crippen LogP) is 24.0. The number of piperidine rings is 9. The largest absolute Gasteiger partial charge is 0.338 e. The van der Waals surface area contributed by atoms with E-state index in [1.54, 1.807) is 0 Å². The zero-order valence-electron chi connectivity index (χ0n) is 105. The molecule has 3 aromatic heterocycles. The Bertz CT molecular complexity index is 4420. The lowest BCUT2D eigenvalue weighted by Gasteiger charge is -2.51. The number of hydrogen-bond acceptors (Lipinski definition) is 27. The van der Waals surface area contributed by atoms with Crippen LogP contribution in [-0.4, -0.2) is 258 Å². The second kappa shape index (κ2) is 47.4. The Kier molecular flexibility index (Phi) is 39.0. The maximum absolute atomic E-state index is 6.31. The Morgan fingerprint density at radius 3 is 0.420 bits per heavy atom. The number of hydrogen-bond donors (Lipinski definition) is 9. The zero-order chi connectivity index (χ0) is 111. The molecule has 9 aliphatic rings. The average molecular weight is 2090 g/mol. The van der Waals surface area contributed by atoms with Crippen LogP contribution in [0.4, 0.5) is 53.5 Å². The maximum atomic E-state index is 6.31. The number of anilines is 9. The molecule has 0 saturated carbocycles. The molecule has 0 radical (unpaired) electrons. The van der Waals surface area contributed by atoms with E-state index in [1.165, 1.54) is 0 Å². The fourth-order valence-electron chi connectivity index (χ4n) is 32.4. The van der Waals surface area contributed by atoms with Gasteiger partial charge in [-0.05, 0) is 435 Å². The van der Waals surface area contributed by atoms with E-state index in [0.717, 1.165) is 337 Å². The van der Waals surface area contributed by atoms with Crippen molar-refractivity contribution in [1.82, 2.24) is 92.7 Å². The van der Waals surface area contributed by atoms with Crippen LogP contribution in [0, 0.1) is 5.92 Å². The second-order valence-corrected chi connectivity index (χ2v) is 62.1. The molecule has 0 bridgehead atoms. The molecular weight excluding hydrogens is 1860 g/mol. The van der Waals surface area contributed by atoms with Gasteiger partial charge in [0.2, 0.25) is 53.5 Å². The van der Waals surface area contributed by atoms with Gasteiger partial charge in [-0.15, -0.1) is 0 Å². The first kappa shape index (κ1) is 123. The summed E-state index contributed by atoms with van der Waals surface area (Å²) in [6.45, 7) is 109. The standard InChI is InChI=1S/C123H233N27/c1-43-49-60-142(88-68-106(7,8)133-107(9,10)69-88)97-124-98(143(61-50-44-2)89-70-108(11,12)134-109(13,14)71-89)127-101(126-97)148(94-80-118(31,32)139-119(33,34)81-94)66-56-55-58-87(86-150(96-84-122(39,40)141-123(41,42)85-96)105-131-103(146(64-53-47-5)92-76-114(23,24)137-115(25,26)77-92)130-104(132-105)147(65-54-48-6)93-78-116(27,28)138-117(29,30)79-93)59-57-67-149(95-82-120(35,36)140-121(37,38)83-95)102-128-99(144(62-51-45-3)90-72-110(15,16)135-111(17,18)73-90)125-100(129-102)145(63-52-46-4)91-74-112(19,20)136-113(21,22)75-91/h87-96,133-141H,43-86H2,1-42H3. The van der Waals surface area contributed by atoms with Crippen LogP contribution in [0.1, 0.15) is 516 Å². The Morgan fingerprint density at radius 1 is 0.167 bits per heavy atom. The monoisotopic (exact) mass is 2090 g/mol. The fraction of sp³-hybridized carbons (Fsp3) is 0.927. The summed E-state index contributed by atoms with van der Waals surface area (Å²) in [6.07, 6.45) is 34.9. The molecule has 12 rings (SSSR count). The summed E-state index contributed by atoms with van der Waals surface area (Å²) < 4.78 is 0. The molecule has 0 amide bonds. The van der Waals surface area contributed by atoms with Crippen molar-refractivity contribution in [2.45, 2.75) is 670 Å². The van der Waals surface area contributed by atoms with Gasteiger partial charge in [0.15, 0.2) is 0 Å². The summed E-state index contributed by atoms with van der Waals surface area (Å²) in [6, 6.07) is 1.52. The first-order valence-corrected chi connectivity index (χ1v) is 61.4. The number of nitrogens with zero attached hydrogens (tertiary/aromatic N) is 18. The van der Waals surface area contributed by atoms with Gasteiger partial charge in [-0.3, -0.25) is 0 Å². The lowest BCUT2D eigenvalue weighted by molar-refractivity contribution is 0.153. The summed E-state index contributed by atoms with van der Waals surface area (Å²) in [5, 5.41) is 37.3. The van der Waals surface area contributed by atoms with Crippen LogP contribution in [0.15, 0.2) is 0 Å². The minimum absolute atomic E-state index is 0.0759. The molecule has 0 aliphatic carbocycles. The number of unbranched alkanes of at least 4 members (excludes halogenated alkanes) is 7. The summed E-state index contributed by atoms with van der Waals surface area (Å²) >= 11 is 0. The van der Waals surface area contributed by atoms with E-state index >= 15 is 0 Å². The highest BCUT2D eigenvalue weighted by molar-refractivity contribution is 5.54. The maximum Gasteiger partial charge on any atom is 0.232 e. The van der Waals surface area contributed by atoms with E-state index in [9.17, 15) is 0 Å². The molecule has 27 heteroatoms. The van der Waals surface area contributed by atoms with Crippen LogP contribution in [0.5, 0.6) is 0 Å². The molecule has 9 N–H and O–H groups in total. The number of aromatic nitrogens is 9. The van der Waals surface area contributed by atoms with Crippen LogP contribution in [0.3, 0.4) is 0 Å². The van der Waals surface area contributed by atoms with Gasteiger partial charge < -0.3 is 92.0 Å². The van der Waals surface area contributed by atoms with Crippen molar-refractivity contribution in [3.05, 3.63) is 0 Å². The van der Waals surface area contributed by atoms with E-state index in [-0.39, 0.29) is 160 Å². The van der Waals surface area contributed by atoms with Crippen molar-refractivity contribution in [2.24, 2.45) is 5.92 Å². The lowest BCUT2D eigenvalue weighted by atomic mass is 9.78. The third kappa shape index (κ3) is 34.7. The molecule has 150 heavy (non-hydrogen) atoms. The highest BCUT2D eigenvalue weighted by Crippen LogP contribution is 2.48. The van der Waals surface area contributed by atoms with E-state index in [1.807, 2.05) is 0 Å². The van der Waals surface area contributed by atoms with Crippen molar-refractivity contribution in [2.75, 3.05) is 103 Å². The van der Waals surface area contributed by atoms with Gasteiger partial charge in [-0.2, -0.15) is 44.9 Å². The van der Waals surface area contributed by atoms with Gasteiger partial charge in [0.25, 0.3) is 0 Å². The van der Waals surface area contributed by atoms with Gasteiger partial charge in [0, 0.05) is 213 Å². The van der Waals surface area contributed by atoms with E-state index in [0.29, 0.717) is 0 Å². The first-order chi connectivity index (χ1) is 69.1. The first-order valence-electron chi connectivity index (χ1n) is 61.4. The van der Waals surface area contributed by atoms with Gasteiger partial charge >= 0.3 is 0 Å². The molecule has 27 nitrogen and oxygen atoms in total. The van der Waals surface area contributed by atoms with Gasteiger partial charge in [0.05, 0.1) is 0 Å². The van der Waals surface area contributed by atoms with Crippen LogP contribution in [0.25, 0.3) is 0 Å². The second-order valence-electron chi connectivity index (χ2n) is 62.1. The molecule has 1 unspecified atom stereocenters. The van der Waals surface area contributed by atoms with E-state index in [4.69, 9.17) is 44.9 Å². The molecule has 9 aliphatic heterocycles. The third-order valence-electron chi connectivity index (χ3n) is 34.8. The van der Waals surface area contributed by atoms with Crippen molar-refractivity contribution in [1.29, 1.82) is 0 Å². The third-order valence-corrected chi connectivity index (χ3v) is 34.8. The van der Waals surface area contributed by atoms with E-state index < -0.39 is 0 Å². The van der Waals surface area contributed by atoms with Crippen molar-refractivity contribution < 1.29 is 0 Å². The smallest absolute Gasteiger partial charge is 0.232 e. The Labute approximate surface area is 919 Å². The van der Waals surface area contributed by atoms with E-state index in [2.05, 4.69) is 383 Å². The Hall–Kier alpha value is -5.13. The molecular formula is C123H233N27. The van der Waals surface area contributed by atoms with Crippen LogP contribution in [0.2, 0.25) is 0 Å². The highest BCUT2D eigenvalue weighted by atomic mass is 15.5. The topological polar surface area (TPSA) is 253 Å². The molecule has 860 valence electrons. The minimum atomic E-state index is -0.215.